The predicted octanol–water partition coefficient (Wildman–Crippen LogP) is 2.98. The maximum absolute atomic E-state index is 3.61. The van der Waals surface area contributed by atoms with E-state index >= 15 is 0 Å². The third kappa shape index (κ3) is 2.76. The molecule has 1 fully saturated rings. The number of nitrogens with zero attached hydrogens (tertiary/aromatic N) is 1. The molecule has 0 saturated carbocycles. The van der Waals surface area contributed by atoms with Gasteiger partial charge in [0.05, 0.1) is 5.69 Å². The highest BCUT2D eigenvalue weighted by Gasteiger charge is 2.12. The first kappa shape index (κ1) is 12.5. The number of aromatic nitrogens is 1. The molecule has 2 N–H and O–H groups in total. The summed E-state index contributed by atoms with van der Waals surface area (Å²) in [6, 6.07) is 8.57. The van der Waals surface area contributed by atoms with Gasteiger partial charge in [0.1, 0.15) is 0 Å². The molecule has 2 heterocycles. The van der Waals surface area contributed by atoms with Crippen LogP contribution in [0.1, 0.15) is 19.3 Å². The van der Waals surface area contributed by atoms with E-state index in [0.29, 0.717) is 0 Å². The summed E-state index contributed by atoms with van der Waals surface area (Å²) in [5.74, 6) is 0.844. The third-order valence-electron chi connectivity index (χ3n) is 4.16. The fraction of sp³-hybridized carbons (Fsp3) is 0.500. The molecule has 0 radical (unpaired) electrons. The lowest BCUT2D eigenvalue weighted by atomic mass is 9.96. The zero-order valence-corrected chi connectivity index (χ0v) is 11.7. The second-order valence-corrected chi connectivity index (χ2v) is 5.60. The molecule has 3 nitrogen and oxygen atoms in total. The van der Waals surface area contributed by atoms with E-state index in [1.165, 1.54) is 48.9 Å². The Bertz CT molecular complexity index is 538. The van der Waals surface area contributed by atoms with Crippen molar-refractivity contribution in [2.75, 3.05) is 25.0 Å². The molecule has 1 unspecified atom stereocenters. The Labute approximate surface area is 115 Å². The maximum Gasteiger partial charge on any atom is 0.0599 e. The van der Waals surface area contributed by atoms with Crippen molar-refractivity contribution in [2.45, 2.75) is 19.3 Å². The zero-order chi connectivity index (χ0) is 13.1. The van der Waals surface area contributed by atoms with Crippen LogP contribution in [0.5, 0.6) is 0 Å². The van der Waals surface area contributed by atoms with Gasteiger partial charge in [-0.25, -0.2) is 0 Å². The first-order valence-corrected chi connectivity index (χ1v) is 7.33. The van der Waals surface area contributed by atoms with Gasteiger partial charge in [0.25, 0.3) is 0 Å². The molecular formula is C16H23N3. The molecule has 1 aromatic carbocycles. The Morgan fingerprint density at radius 2 is 2.26 bits per heavy atom. The lowest BCUT2D eigenvalue weighted by molar-refractivity contribution is 0.364. The number of piperidine rings is 1. The number of hydrogen-bond acceptors (Lipinski definition) is 2. The van der Waals surface area contributed by atoms with E-state index in [1.807, 2.05) is 0 Å². The molecule has 0 spiro atoms. The minimum atomic E-state index is 0.844. The molecule has 1 atom stereocenters. The lowest BCUT2D eigenvalue weighted by Crippen LogP contribution is -2.30. The zero-order valence-electron chi connectivity index (χ0n) is 11.7. The number of aryl methyl sites for hydroxylation is 1. The van der Waals surface area contributed by atoms with Crippen LogP contribution in [-0.4, -0.2) is 24.2 Å². The molecule has 1 saturated heterocycles. The van der Waals surface area contributed by atoms with Crippen molar-refractivity contribution in [3.05, 3.63) is 30.5 Å². The normalized spacial score (nSPS) is 19.7. The van der Waals surface area contributed by atoms with E-state index in [-0.39, 0.29) is 0 Å². The van der Waals surface area contributed by atoms with Crippen LogP contribution in [0.15, 0.2) is 30.5 Å². The summed E-state index contributed by atoms with van der Waals surface area (Å²) in [5.41, 5.74) is 2.56. The molecule has 19 heavy (non-hydrogen) atoms. The van der Waals surface area contributed by atoms with E-state index in [9.17, 15) is 0 Å². The van der Waals surface area contributed by atoms with Crippen molar-refractivity contribution in [3.63, 3.8) is 0 Å². The summed E-state index contributed by atoms with van der Waals surface area (Å²) in [4.78, 5) is 0. The van der Waals surface area contributed by atoms with E-state index in [1.54, 1.807) is 0 Å². The van der Waals surface area contributed by atoms with Gasteiger partial charge in [-0.3, -0.25) is 0 Å². The van der Waals surface area contributed by atoms with Gasteiger partial charge in [0, 0.05) is 30.7 Å². The number of hydrogen-bond donors (Lipinski definition) is 2. The highest BCUT2D eigenvalue weighted by molar-refractivity contribution is 5.92. The summed E-state index contributed by atoms with van der Waals surface area (Å²) in [6.45, 7) is 3.46. The largest absolute Gasteiger partial charge is 0.383 e. The summed E-state index contributed by atoms with van der Waals surface area (Å²) < 4.78 is 2.19. The van der Waals surface area contributed by atoms with Crippen LogP contribution in [0.25, 0.3) is 10.9 Å². The Morgan fingerprint density at radius 1 is 1.37 bits per heavy atom. The number of nitrogens with one attached hydrogen (secondary N) is 2. The van der Waals surface area contributed by atoms with Gasteiger partial charge in [-0.2, -0.15) is 0 Å². The van der Waals surface area contributed by atoms with Gasteiger partial charge in [-0.1, -0.05) is 18.2 Å². The van der Waals surface area contributed by atoms with Gasteiger partial charge in [0.2, 0.25) is 0 Å². The van der Waals surface area contributed by atoms with E-state index in [0.717, 1.165) is 12.5 Å². The number of anilines is 1. The first-order valence-electron chi connectivity index (χ1n) is 7.33. The topological polar surface area (TPSA) is 29.0 Å². The highest BCUT2D eigenvalue weighted by Crippen LogP contribution is 2.25. The minimum Gasteiger partial charge on any atom is -0.383 e. The van der Waals surface area contributed by atoms with Crippen molar-refractivity contribution in [2.24, 2.45) is 13.0 Å². The van der Waals surface area contributed by atoms with Crippen LogP contribution in [-0.2, 0) is 7.05 Å². The number of benzene rings is 1. The van der Waals surface area contributed by atoms with Gasteiger partial charge in [0.15, 0.2) is 0 Å². The van der Waals surface area contributed by atoms with Crippen LogP contribution in [0.2, 0.25) is 0 Å². The molecular weight excluding hydrogens is 234 g/mol. The Morgan fingerprint density at radius 3 is 3.11 bits per heavy atom. The van der Waals surface area contributed by atoms with Gasteiger partial charge < -0.3 is 15.2 Å². The molecule has 2 aromatic rings. The molecule has 3 rings (SSSR count). The fourth-order valence-electron chi connectivity index (χ4n) is 3.06. The second kappa shape index (κ2) is 5.66. The predicted molar refractivity (Wildman–Crippen MR) is 81.6 cm³/mol. The molecule has 1 aliphatic heterocycles. The van der Waals surface area contributed by atoms with Crippen molar-refractivity contribution in [1.82, 2.24) is 9.88 Å². The van der Waals surface area contributed by atoms with Crippen molar-refractivity contribution < 1.29 is 0 Å². The van der Waals surface area contributed by atoms with Crippen LogP contribution in [0.3, 0.4) is 0 Å². The molecule has 102 valence electrons. The second-order valence-electron chi connectivity index (χ2n) is 5.60. The Balaban J connectivity index is 1.62. The molecule has 3 heteroatoms. The lowest BCUT2D eigenvalue weighted by Gasteiger charge is -2.22. The molecule has 1 aromatic heterocycles. The van der Waals surface area contributed by atoms with Crippen molar-refractivity contribution in [1.29, 1.82) is 0 Å². The van der Waals surface area contributed by atoms with E-state index in [4.69, 9.17) is 0 Å². The molecule has 0 bridgehead atoms. The van der Waals surface area contributed by atoms with Crippen LogP contribution in [0, 0.1) is 5.92 Å². The monoisotopic (exact) mass is 257 g/mol. The van der Waals surface area contributed by atoms with Crippen LogP contribution in [0.4, 0.5) is 5.69 Å². The maximum atomic E-state index is 3.61. The highest BCUT2D eigenvalue weighted by atomic mass is 15.0. The summed E-state index contributed by atoms with van der Waals surface area (Å²) in [6.07, 6.45) is 6.17. The quantitative estimate of drug-likeness (QED) is 0.881. The molecule has 0 amide bonds. The Hall–Kier alpha value is -1.48. The van der Waals surface area contributed by atoms with Gasteiger partial charge in [-0.05, 0) is 44.3 Å². The number of para-hydroxylation sites is 1. The van der Waals surface area contributed by atoms with E-state index < -0.39 is 0 Å². The summed E-state index contributed by atoms with van der Waals surface area (Å²) in [7, 11) is 2.11. The fourth-order valence-corrected chi connectivity index (χ4v) is 3.06. The standard InChI is InChI=1S/C16H23N3/c1-19-12-15(14-6-2-3-7-16(14)19)18-10-8-13-5-4-9-17-11-13/h2-3,6-7,12-13,17-18H,4-5,8-11H2,1H3. The summed E-state index contributed by atoms with van der Waals surface area (Å²) in [5, 5.41) is 8.42. The van der Waals surface area contributed by atoms with Crippen LogP contribution < -0.4 is 10.6 Å². The van der Waals surface area contributed by atoms with Gasteiger partial charge >= 0.3 is 0 Å². The smallest absolute Gasteiger partial charge is 0.0599 e. The minimum absolute atomic E-state index is 0.844. The SMILES string of the molecule is Cn1cc(NCCC2CCCNC2)c2ccccc21. The van der Waals surface area contributed by atoms with Crippen LogP contribution >= 0.6 is 0 Å². The van der Waals surface area contributed by atoms with E-state index in [2.05, 4.69) is 52.7 Å². The number of fused-ring (bicyclic) bond motifs is 1. The molecule has 1 aliphatic rings. The average Bonchev–Trinajstić information content (AvgIpc) is 2.78. The van der Waals surface area contributed by atoms with Crippen molar-refractivity contribution in [3.8, 4) is 0 Å². The summed E-state index contributed by atoms with van der Waals surface area (Å²) >= 11 is 0. The van der Waals surface area contributed by atoms with Crippen molar-refractivity contribution >= 4 is 16.6 Å². The van der Waals surface area contributed by atoms with Gasteiger partial charge in [-0.15, -0.1) is 0 Å². The number of rotatable bonds is 4. The Kier molecular flexibility index (Phi) is 3.74. The average molecular weight is 257 g/mol. The third-order valence-corrected chi connectivity index (χ3v) is 4.16. The first-order chi connectivity index (χ1) is 9.34. The molecule has 0 aliphatic carbocycles.